The van der Waals surface area contributed by atoms with Crippen LogP contribution >= 0.6 is 0 Å². The number of hydrogen-bond donors (Lipinski definition) is 0. The summed E-state index contributed by atoms with van der Waals surface area (Å²) in [6, 6.07) is 0. The van der Waals surface area contributed by atoms with Gasteiger partial charge in [0.1, 0.15) is 0 Å². The van der Waals surface area contributed by atoms with Gasteiger partial charge in [0.25, 0.3) is 0 Å². The highest BCUT2D eigenvalue weighted by atomic mass is 32.2. The van der Waals surface area contributed by atoms with E-state index in [-0.39, 0.29) is 0 Å². The number of rotatable bonds is 4. The number of alkyl halides is 2. The van der Waals surface area contributed by atoms with Crippen LogP contribution in [0.1, 0.15) is 44.9 Å². The van der Waals surface area contributed by atoms with E-state index in [9.17, 15) is 17.2 Å². The van der Waals surface area contributed by atoms with Crippen molar-refractivity contribution in [3.05, 3.63) is 0 Å². The first-order valence-corrected chi connectivity index (χ1v) is 8.34. The Morgan fingerprint density at radius 3 is 1.89 bits per heavy atom. The molecule has 0 amide bonds. The van der Waals surface area contributed by atoms with E-state index >= 15 is 0 Å². The van der Waals surface area contributed by atoms with Crippen molar-refractivity contribution >= 4 is 10.1 Å². The maximum absolute atomic E-state index is 14.0. The van der Waals surface area contributed by atoms with Crippen LogP contribution in [0.25, 0.3) is 0 Å². The van der Waals surface area contributed by atoms with Crippen molar-refractivity contribution in [2.24, 2.45) is 23.2 Å². The van der Waals surface area contributed by atoms with Crippen molar-refractivity contribution < 1.29 is 21.4 Å². The molecule has 4 bridgehead atoms. The Hall–Kier alpha value is -0.230. The molecule has 0 aromatic carbocycles. The van der Waals surface area contributed by atoms with Gasteiger partial charge in [-0.25, -0.2) is 0 Å². The number of halogens is 2. The molecular weight excluding hydrogens is 274 g/mol. The summed E-state index contributed by atoms with van der Waals surface area (Å²) in [7, 11) is -3.97. The van der Waals surface area contributed by atoms with Crippen molar-refractivity contribution in [2.45, 2.75) is 50.2 Å². The molecule has 0 heterocycles. The molecule has 4 aliphatic rings. The second kappa shape index (κ2) is 4.13. The molecule has 0 radical (unpaired) electrons. The Kier molecular flexibility index (Phi) is 2.99. The van der Waals surface area contributed by atoms with Crippen molar-refractivity contribution in [1.29, 1.82) is 0 Å². The van der Waals surface area contributed by atoms with Gasteiger partial charge in [-0.2, -0.15) is 17.2 Å². The zero-order valence-corrected chi connectivity index (χ0v) is 11.9. The van der Waals surface area contributed by atoms with Gasteiger partial charge in [-0.05, 0) is 61.7 Å². The fourth-order valence-electron chi connectivity index (χ4n) is 5.15. The van der Waals surface area contributed by atoms with E-state index in [0.29, 0.717) is 17.8 Å². The van der Waals surface area contributed by atoms with Crippen molar-refractivity contribution in [1.82, 2.24) is 0 Å². The SMILES string of the molecule is COS(=O)(=O)C(F)(F)CC12CC3CC(CC(C3)C1)C2. The maximum Gasteiger partial charge on any atom is 0.370 e. The summed E-state index contributed by atoms with van der Waals surface area (Å²) < 4.78 is 54.8. The van der Waals surface area contributed by atoms with Crippen LogP contribution in [0, 0.1) is 23.2 Å². The minimum Gasteiger partial charge on any atom is -0.269 e. The molecule has 0 aromatic heterocycles. The Balaban J connectivity index is 1.83. The monoisotopic (exact) mass is 294 g/mol. The molecular formula is C13H20F2O3S. The summed E-state index contributed by atoms with van der Waals surface area (Å²) in [5.74, 6) is 1.60. The molecule has 110 valence electrons. The zero-order valence-electron chi connectivity index (χ0n) is 11.1. The van der Waals surface area contributed by atoms with Crippen molar-refractivity contribution in [2.75, 3.05) is 7.11 Å². The van der Waals surface area contributed by atoms with Crippen LogP contribution in [0.3, 0.4) is 0 Å². The van der Waals surface area contributed by atoms with E-state index in [1.165, 1.54) is 0 Å². The first kappa shape index (κ1) is 13.7. The first-order chi connectivity index (χ1) is 8.75. The third kappa shape index (κ3) is 2.20. The lowest BCUT2D eigenvalue weighted by Gasteiger charge is -2.57. The summed E-state index contributed by atoms with van der Waals surface area (Å²) in [5.41, 5.74) is -0.468. The highest BCUT2D eigenvalue weighted by Crippen LogP contribution is 2.63. The summed E-state index contributed by atoms with van der Waals surface area (Å²) in [6.07, 6.45) is 5.22. The normalized spacial score (nSPS) is 41.7. The Morgan fingerprint density at radius 2 is 1.53 bits per heavy atom. The molecule has 19 heavy (non-hydrogen) atoms. The van der Waals surface area contributed by atoms with Gasteiger partial charge >= 0.3 is 15.4 Å². The Labute approximate surface area is 112 Å². The average Bonchev–Trinajstić information content (AvgIpc) is 2.25. The largest absolute Gasteiger partial charge is 0.370 e. The van der Waals surface area contributed by atoms with E-state index in [4.69, 9.17) is 0 Å². The van der Waals surface area contributed by atoms with Crippen LogP contribution in [0.2, 0.25) is 0 Å². The fourth-order valence-corrected chi connectivity index (χ4v) is 5.88. The Bertz CT molecular complexity index is 437. The maximum atomic E-state index is 14.0. The minimum atomic E-state index is -4.77. The highest BCUT2D eigenvalue weighted by Gasteiger charge is 2.58. The smallest absolute Gasteiger partial charge is 0.269 e. The molecule has 6 heteroatoms. The molecule has 3 nitrogen and oxygen atoms in total. The zero-order chi connectivity index (χ0) is 13.9. The second-order valence-electron chi connectivity index (χ2n) is 6.85. The lowest BCUT2D eigenvalue weighted by Crippen LogP contribution is -2.49. The highest BCUT2D eigenvalue weighted by molar-refractivity contribution is 7.87. The lowest BCUT2D eigenvalue weighted by molar-refractivity contribution is -0.0937. The van der Waals surface area contributed by atoms with Gasteiger partial charge in [-0.15, -0.1) is 0 Å². The van der Waals surface area contributed by atoms with Gasteiger partial charge < -0.3 is 0 Å². The molecule has 4 rings (SSSR count). The summed E-state index contributed by atoms with van der Waals surface area (Å²) in [4.78, 5) is 0. The van der Waals surface area contributed by atoms with Crippen molar-refractivity contribution in [3.8, 4) is 0 Å². The molecule has 0 saturated heterocycles. The third-order valence-electron chi connectivity index (χ3n) is 5.33. The molecule has 0 unspecified atom stereocenters. The van der Waals surface area contributed by atoms with Crippen LogP contribution in [0.15, 0.2) is 0 Å². The first-order valence-electron chi connectivity index (χ1n) is 6.93. The summed E-state index contributed by atoms with van der Waals surface area (Å²) in [5, 5.41) is -3.76. The fraction of sp³-hybridized carbons (Fsp3) is 1.00. The van der Waals surface area contributed by atoms with Crippen LogP contribution in [0.5, 0.6) is 0 Å². The second-order valence-corrected chi connectivity index (χ2v) is 8.69. The quantitative estimate of drug-likeness (QED) is 0.748. The molecule has 4 saturated carbocycles. The predicted octanol–water partition coefficient (Wildman–Crippen LogP) is 3.16. The van der Waals surface area contributed by atoms with Gasteiger partial charge in [0, 0.05) is 6.42 Å². The average molecular weight is 294 g/mol. The predicted molar refractivity (Wildman–Crippen MR) is 66.1 cm³/mol. The van der Waals surface area contributed by atoms with Crippen LogP contribution in [-0.2, 0) is 14.3 Å². The van der Waals surface area contributed by atoms with Gasteiger partial charge in [0.15, 0.2) is 0 Å². The molecule has 0 aliphatic heterocycles. The van der Waals surface area contributed by atoms with E-state index in [1.54, 1.807) is 0 Å². The van der Waals surface area contributed by atoms with Gasteiger partial charge in [0.05, 0.1) is 7.11 Å². The van der Waals surface area contributed by atoms with E-state index in [2.05, 4.69) is 4.18 Å². The number of hydrogen-bond acceptors (Lipinski definition) is 3. The van der Waals surface area contributed by atoms with E-state index < -0.39 is 27.2 Å². The van der Waals surface area contributed by atoms with Gasteiger partial charge in [-0.1, -0.05) is 0 Å². The Morgan fingerprint density at radius 1 is 1.11 bits per heavy atom. The van der Waals surface area contributed by atoms with Crippen LogP contribution in [0.4, 0.5) is 8.78 Å². The minimum absolute atomic E-state index is 0.468. The van der Waals surface area contributed by atoms with Crippen molar-refractivity contribution in [3.63, 3.8) is 0 Å². The molecule has 0 aromatic rings. The molecule has 4 aliphatic carbocycles. The van der Waals surface area contributed by atoms with E-state index in [1.807, 2.05) is 0 Å². The van der Waals surface area contributed by atoms with Gasteiger partial charge in [0.2, 0.25) is 0 Å². The molecule has 0 N–H and O–H groups in total. The topological polar surface area (TPSA) is 43.4 Å². The van der Waals surface area contributed by atoms with Crippen LogP contribution in [-0.4, -0.2) is 20.8 Å². The van der Waals surface area contributed by atoms with E-state index in [0.717, 1.165) is 45.6 Å². The molecule has 0 spiro atoms. The van der Waals surface area contributed by atoms with Gasteiger partial charge in [-0.3, -0.25) is 4.18 Å². The molecule has 0 atom stereocenters. The van der Waals surface area contributed by atoms with Crippen LogP contribution < -0.4 is 0 Å². The molecule has 4 fully saturated rings. The summed E-state index contributed by atoms with van der Waals surface area (Å²) >= 11 is 0. The lowest BCUT2D eigenvalue weighted by atomic mass is 9.49. The third-order valence-corrected chi connectivity index (χ3v) is 6.65. The summed E-state index contributed by atoms with van der Waals surface area (Å²) in [6.45, 7) is 0. The standard InChI is InChI=1S/C13H20F2O3S/c1-18-19(16,17)13(14,15)8-12-5-9-2-10(6-12)4-11(3-9)7-12/h9-11H,2-8H2,1H3.